The van der Waals surface area contributed by atoms with E-state index in [9.17, 15) is 13.9 Å². The van der Waals surface area contributed by atoms with Crippen LogP contribution in [0.15, 0.2) is 36.4 Å². The summed E-state index contributed by atoms with van der Waals surface area (Å²) in [5.74, 6) is -0.416. The second-order valence-corrected chi connectivity index (χ2v) is 4.18. The molecule has 0 aliphatic rings. The predicted molar refractivity (Wildman–Crippen MR) is 70.0 cm³/mol. The molecule has 0 aliphatic heterocycles. The van der Waals surface area contributed by atoms with Crippen molar-refractivity contribution in [2.75, 3.05) is 14.2 Å². The zero-order chi connectivity index (χ0) is 14.7. The average molecular weight is 280 g/mol. The number of rotatable bonds is 4. The Bertz CT molecular complexity index is 561. The minimum atomic E-state index is -1.26. The Balaban J connectivity index is 2.53. The first-order valence-corrected chi connectivity index (χ1v) is 5.91. The molecule has 2 aromatic carbocycles. The van der Waals surface area contributed by atoms with Gasteiger partial charge in [-0.2, -0.15) is 0 Å². The van der Waals surface area contributed by atoms with Crippen LogP contribution in [0.1, 0.15) is 17.2 Å². The standard InChI is InChI=1S/C15H14F2O3/c1-19-13-5-3-9(16)7-11(13)15(18)12-8-10(17)4-6-14(12)20-2/h3-8,15,18H,1-2H3. The Morgan fingerprint density at radius 2 is 1.25 bits per heavy atom. The zero-order valence-electron chi connectivity index (χ0n) is 11.1. The molecule has 0 fully saturated rings. The lowest BCUT2D eigenvalue weighted by molar-refractivity contribution is 0.208. The van der Waals surface area contributed by atoms with Crippen LogP contribution < -0.4 is 9.47 Å². The van der Waals surface area contributed by atoms with E-state index in [-0.39, 0.29) is 11.1 Å². The number of methoxy groups -OCH3 is 2. The first-order valence-electron chi connectivity index (χ1n) is 5.91. The zero-order valence-corrected chi connectivity index (χ0v) is 11.1. The van der Waals surface area contributed by atoms with Crippen molar-refractivity contribution in [1.82, 2.24) is 0 Å². The minimum Gasteiger partial charge on any atom is -0.496 e. The van der Waals surface area contributed by atoms with Crippen molar-refractivity contribution in [3.8, 4) is 11.5 Å². The first kappa shape index (κ1) is 14.3. The molecule has 5 heteroatoms. The quantitative estimate of drug-likeness (QED) is 0.935. The average Bonchev–Trinajstić information content (AvgIpc) is 2.46. The lowest BCUT2D eigenvalue weighted by Crippen LogP contribution is -2.05. The van der Waals surface area contributed by atoms with Gasteiger partial charge in [0.25, 0.3) is 0 Å². The maximum Gasteiger partial charge on any atom is 0.125 e. The highest BCUT2D eigenvalue weighted by Gasteiger charge is 2.20. The van der Waals surface area contributed by atoms with Gasteiger partial charge in [-0.25, -0.2) is 8.78 Å². The molecule has 0 atom stereocenters. The summed E-state index contributed by atoms with van der Waals surface area (Å²) in [5, 5.41) is 10.4. The maximum absolute atomic E-state index is 13.3. The van der Waals surface area contributed by atoms with Gasteiger partial charge in [0.05, 0.1) is 14.2 Å². The van der Waals surface area contributed by atoms with Gasteiger partial charge in [0.2, 0.25) is 0 Å². The third kappa shape index (κ3) is 2.72. The van der Waals surface area contributed by atoms with Crippen molar-refractivity contribution >= 4 is 0 Å². The molecule has 0 amide bonds. The molecule has 0 heterocycles. The summed E-state index contributed by atoms with van der Waals surface area (Å²) in [6.07, 6.45) is -1.26. The molecule has 106 valence electrons. The van der Waals surface area contributed by atoms with Crippen LogP contribution >= 0.6 is 0 Å². The molecular weight excluding hydrogens is 266 g/mol. The Hall–Kier alpha value is -2.14. The predicted octanol–water partition coefficient (Wildman–Crippen LogP) is 3.06. The van der Waals surface area contributed by atoms with E-state index in [4.69, 9.17) is 9.47 Å². The monoisotopic (exact) mass is 280 g/mol. The van der Waals surface area contributed by atoms with Gasteiger partial charge in [-0.1, -0.05) is 0 Å². The number of hydrogen-bond acceptors (Lipinski definition) is 3. The molecule has 1 N–H and O–H groups in total. The molecule has 0 saturated carbocycles. The Labute approximate surface area is 115 Å². The van der Waals surface area contributed by atoms with Gasteiger partial charge in [-0.05, 0) is 36.4 Å². The highest BCUT2D eigenvalue weighted by atomic mass is 19.1. The number of hydrogen-bond donors (Lipinski definition) is 1. The second kappa shape index (κ2) is 5.88. The fourth-order valence-electron chi connectivity index (χ4n) is 2.01. The van der Waals surface area contributed by atoms with Crippen molar-refractivity contribution in [2.24, 2.45) is 0 Å². The highest BCUT2D eigenvalue weighted by molar-refractivity contribution is 5.45. The van der Waals surface area contributed by atoms with Gasteiger partial charge in [-0.3, -0.25) is 0 Å². The number of aliphatic hydroxyl groups excluding tert-OH is 1. The Kier molecular flexibility index (Phi) is 4.20. The van der Waals surface area contributed by atoms with Crippen molar-refractivity contribution < 1.29 is 23.4 Å². The van der Waals surface area contributed by atoms with Gasteiger partial charge < -0.3 is 14.6 Å². The summed E-state index contributed by atoms with van der Waals surface area (Å²) in [4.78, 5) is 0. The second-order valence-electron chi connectivity index (χ2n) is 4.18. The van der Waals surface area contributed by atoms with Crippen molar-refractivity contribution in [3.63, 3.8) is 0 Å². The van der Waals surface area contributed by atoms with E-state index in [2.05, 4.69) is 0 Å². The van der Waals surface area contributed by atoms with Crippen LogP contribution in [0.5, 0.6) is 11.5 Å². The van der Waals surface area contributed by atoms with E-state index >= 15 is 0 Å². The molecule has 20 heavy (non-hydrogen) atoms. The van der Waals surface area contributed by atoms with Gasteiger partial charge in [0, 0.05) is 11.1 Å². The number of aliphatic hydroxyl groups is 1. The van der Waals surface area contributed by atoms with Gasteiger partial charge >= 0.3 is 0 Å². The molecule has 0 aliphatic carbocycles. The maximum atomic E-state index is 13.3. The van der Waals surface area contributed by atoms with Crippen molar-refractivity contribution in [2.45, 2.75) is 6.10 Å². The van der Waals surface area contributed by atoms with Crippen molar-refractivity contribution in [3.05, 3.63) is 59.2 Å². The van der Waals surface area contributed by atoms with Crippen LogP contribution in [0, 0.1) is 11.6 Å². The molecule has 0 aromatic heterocycles. The van der Waals surface area contributed by atoms with Crippen LogP contribution in [-0.2, 0) is 0 Å². The lowest BCUT2D eigenvalue weighted by atomic mass is 9.99. The summed E-state index contributed by atoms with van der Waals surface area (Å²) in [6, 6.07) is 7.54. The molecule has 0 radical (unpaired) electrons. The van der Waals surface area contributed by atoms with Crippen LogP contribution in [0.4, 0.5) is 8.78 Å². The molecule has 0 spiro atoms. The van der Waals surface area contributed by atoms with E-state index in [1.165, 1.54) is 38.5 Å². The van der Waals surface area contributed by atoms with E-state index in [0.29, 0.717) is 11.5 Å². The topological polar surface area (TPSA) is 38.7 Å². The molecule has 0 saturated heterocycles. The van der Waals surface area contributed by atoms with E-state index in [0.717, 1.165) is 12.1 Å². The molecule has 3 nitrogen and oxygen atoms in total. The minimum absolute atomic E-state index is 0.205. The van der Waals surface area contributed by atoms with Crippen molar-refractivity contribution in [1.29, 1.82) is 0 Å². The fourth-order valence-corrected chi connectivity index (χ4v) is 2.01. The molecule has 0 unspecified atom stereocenters. The highest BCUT2D eigenvalue weighted by Crippen LogP contribution is 2.35. The molecular formula is C15H14F2O3. The third-order valence-electron chi connectivity index (χ3n) is 2.97. The molecule has 2 rings (SSSR count). The van der Waals surface area contributed by atoms with Crippen LogP contribution in [0.3, 0.4) is 0 Å². The first-order chi connectivity index (χ1) is 9.56. The smallest absolute Gasteiger partial charge is 0.125 e. The van der Waals surface area contributed by atoms with Crippen LogP contribution in [0.2, 0.25) is 0 Å². The largest absolute Gasteiger partial charge is 0.496 e. The summed E-state index contributed by atoms with van der Waals surface area (Å²) < 4.78 is 36.9. The Morgan fingerprint density at radius 1 is 0.850 bits per heavy atom. The molecule has 0 bridgehead atoms. The SMILES string of the molecule is COc1ccc(F)cc1C(O)c1cc(F)ccc1OC. The van der Waals surface area contributed by atoms with E-state index in [1.807, 2.05) is 0 Å². The fraction of sp³-hybridized carbons (Fsp3) is 0.200. The van der Waals surface area contributed by atoms with Gasteiger partial charge in [-0.15, -0.1) is 0 Å². The number of halogens is 2. The number of ether oxygens (including phenoxy) is 2. The van der Waals surface area contributed by atoms with Gasteiger partial charge in [0.1, 0.15) is 29.2 Å². The summed E-state index contributed by atoms with van der Waals surface area (Å²) in [5.41, 5.74) is 0.410. The molecule has 2 aromatic rings. The normalized spacial score (nSPS) is 10.7. The lowest BCUT2D eigenvalue weighted by Gasteiger charge is -2.17. The number of benzene rings is 2. The van der Waals surface area contributed by atoms with E-state index < -0.39 is 17.7 Å². The summed E-state index contributed by atoms with van der Waals surface area (Å²) >= 11 is 0. The summed E-state index contributed by atoms with van der Waals surface area (Å²) in [6.45, 7) is 0. The third-order valence-corrected chi connectivity index (χ3v) is 2.97. The van der Waals surface area contributed by atoms with E-state index in [1.54, 1.807) is 0 Å². The van der Waals surface area contributed by atoms with Gasteiger partial charge in [0.15, 0.2) is 0 Å². The van der Waals surface area contributed by atoms with Crippen LogP contribution in [0.25, 0.3) is 0 Å². The summed E-state index contributed by atoms with van der Waals surface area (Å²) in [7, 11) is 2.82. The Morgan fingerprint density at radius 3 is 1.60 bits per heavy atom. The van der Waals surface area contributed by atoms with Crippen LogP contribution in [-0.4, -0.2) is 19.3 Å².